The van der Waals surface area contributed by atoms with Gasteiger partial charge in [0, 0.05) is 0 Å². The first-order valence-electron chi connectivity index (χ1n) is 7.75. The molecule has 0 atom stereocenters. The first-order valence-corrected chi connectivity index (χ1v) is 7.75. The average Bonchev–Trinajstić information content (AvgIpc) is 3.03. The molecule has 1 N–H and O–H groups in total. The molecule has 0 aliphatic heterocycles. The summed E-state index contributed by atoms with van der Waals surface area (Å²) in [7, 11) is 0. The fourth-order valence-corrected chi connectivity index (χ4v) is 2.70. The Bertz CT molecular complexity index is 851. The lowest BCUT2D eigenvalue weighted by atomic mass is 10.0. The van der Waals surface area contributed by atoms with E-state index < -0.39 is 5.97 Å². The van der Waals surface area contributed by atoms with E-state index in [9.17, 15) is 9.59 Å². The fraction of sp³-hybridized carbons (Fsp3) is 0.100. The second-order valence-corrected chi connectivity index (χ2v) is 5.23. The van der Waals surface area contributed by atoms with Crippen molar-refractivity contribution in [2.45, 2.75) is 6.92 Å². The Kier molecular flexibility index (Phi) is 4.57. The smallest absolute Gasteiger partial charge is 0.341 e. The van der Waals surface area contributed by atoms with Gasteiger partial charge in [0.2, 0.25) is 0 Å². The van der Waals surface area contributed by atoms with E-state index in [1.54, 1.807) is 6.92 Å². The molecule has 24 heavy (non-hydrogen) atoms. The molecule has 0 fully saturated rings. The Morgan fingerprint density at radius 1 is 0.958 bits per heavy atom. The number of hydrogen-bond donors (Lipinski definition) is 1. The van der Waals surface area contributed by atoms with Crippen molar-refractivity contribution in [1.29, 1.82) is 0 Å². The minimum atomic E-state index is -0.503. The zero-order valence-corrected chi connectivity index (χ0v) is 13.3. The van der Waals surface area contributed by atoms with Crippen molar-refractivity contribution in [2.24, 2.45) is 0 Å². The molecule has 3 rings (SSSR count). The lowest BCUT2D eigenvalue weighted by molar-refractivity contribution is 0.0525. The minimum absolute atomic E-state index is 0.247. The molecule has 0 radical (unpaired) electrons. The van der Waals surface area contributed by atoms with Gasteiger partial charge < -0.3 is 9.72 Å². The molecule has 0 amide bonds. The van der Waals surface area contributed by atoms with E-state index >= 15 is 0 Å². The van der Waals surface area contributed by atoms with Crippen LogP contribution in [0.5, 0.6) is 0 Å². The third-order valence-corrected chi connectivity index (χ3v) is 3.76. The monoisotopic (exact) mass is 319 g/mol. The summed E-state index contributed by atoms with van der Waals surface area (Å²) in [5, 5.41) is 0. The molecule has 4 heteroatoms. The summed E-state index contributed by atoms with van der Waals surface area (Å²) in [6.07, 6.45) is 0.706. The zero-order valence-electron chi connectivity index (χ0n) is 13.3. The summed E-state index contributed by atoms with van der Waals surface area (Å²) >= 11 is 0. The van der Waals surface area contributed by atoms with E-state index in [0.29, 0.717) is 23.2 Å². The maximum absolute atomic E-state index is 12.5. The van der Waals surface area contributed by atoms with Crippen LogP contribution >= 0.6 is 0 Å². The second-order valence-electron chi connectivity index (χ2n) is 5.23. The number of benzene rings is 2. The molecule has 0 spiro atoms. The Morgan fingerprint density at radius 2 is 1.50 bits per heavy atom. The van der Waals surface area contributed by atoms with E-state index in [4.69, 9.17) is 4.74 Å². The van der Waals surface area contributed by atoms with E-state index in [1.807, 2.05) is 60.7 Å². The topological polar surface area (TPSA) is 59.2 Å². The molecule has 0 saturated heterocycles. The highest BCUT2D eigenvalue weighted by molar-refractivity contribution is 6.07. The number of ether oxygens (including phenoxy) is 1. The predicted octanol–water partition coefficient (Wildman–Crippen LogP) is 4.34. The van der Waals surface area contributed by atoms with Gasteiger partial charge >= 0.3 is 5.97 Å². The van der Waals surface area contributed by atoms with Gasteiger partial charge in [0.05, 0.1) is 29.1 Å². The van der Waals surface area contributed by atoms with Gasteiger partial charge in [-0.25, -0.2) is 4.79 Å². The number of esters is 1. The Labute approximate surface area is 140 Å². The van der Waals surface area contributed by atoms with Gasteiger partial charge in [-0.3, -0.25) is 4.79 Å². The predicted molar refractivity (Wildman–Crippen MR) is 93.0 cm³/mol. The highest BCUT2D eigenvalue weighted by Crippen LogP contribution is 2.33. The maximum Gasteiger partial charge on any atom is 0.341 e. The molecule has 0 saturated carbocycles. The molecular weight excluding hydrogens is 302 g/mol. The van der Waals surface area contributed by atoms with Crippen LogP contribution in [0.1, 0.15) is 27.6 Å². The molecule has 4 nitrogen and oxygen atoms in total. The lowest BCUT2D eigenvalue weighted by Crippen LogP contribution is -2.07. The van der Waals surface area contributed by atoms with Crippen LogP contribution in [0.3, 0.4) is 0 Å². The molecule has 120 valence electrons. The van der Waals surface area contributed by atoms with Crippen LogP contribution in [-0.4, -0.2) is 23.8 Å². The van der Waals surface area contributed by atoms with Gasteiger partial charge in [0.25, 0.3) is 0 Å². The number of carbonyl (C=O) groups is 2. The molecular formula is C20H17NO3. The third-order valence-electron chi connectivity index (χ3n) is 3.76. The normalized spacial score (nSPS) is 10.4. The molecule has 0 aliphatic rings. The molecule has 1 heterocycles. The van der Waals surface area contributed by atoms with E-state index in [0.717, 1.165) is 11.1 Å². The van der Waals surface area contributed by atoms with Crippen molar-refractivity contribution >= 4 is 12.3 Å². The molecule has 0 unspecified atom stereocenters. The first kappa shape index (κ1) is 15.7. The van der Waals surface area contributed by atoms with Crippen molar-refractivity contribution < 1.29 is 14.3 Å². The third kappa shape index (κ3) is 2.86. The van der Waals surface area contributed by atoms with Crippen LogP contribution in [0.2, 0.25) is 0 Å². The fourth-order valence-electron chi connectivity index (χ4n) is 2.70. The second kappa shape index (κ2) is 6.96. The number of rotatable bonds is 5. The number of nitrogens with one attached hydrogen (secondary N) is 1. The molecule has 1 aromatic heterocycles. The van der Waals surface area contributed by atoms with Crippen LogP contribution < -0.4 is 0 Å². The number of aromatic amines is 1. The number of H-pyrrole nitrogens is 1. The summed E-state index contributed by atoms with van der Waals surface area (Å²) in [5.41, 5.74) is 3.47. The maximum atomic E-state index is 12.5. The summed E-state index contributed by atoms with van der Waals surface area (Å²) in [6, 6.07) is 18.9. The summed E-state index contributed by atoms with van der Waals surface area (Å²) in [4.78, 5) is 27.5. The number of aromatic nitrogens is 1. The lowest BCUT2D eigenvalue weighted by Gasteiger charge is -2.05. The van der Waals surface area contributed by atoms with Crippen LogP contribution in [0.4, 0.5) is 0 Å². The summed E-state index contributed by atoms with van der Waals surface area (Å²) in [5.74, 6) is -0.503. The average molecular weight is 319 g/mol. The van der Waals surface area contributed by atoms with E-state index in [1.165, 1.54) is 0 Å². The van der Waals surface area contributed by atoms with Crippen molar-refractivity contribution in [3.63, 3.8) is 0 Å². The molecule has 3 aromatic rings. The Hall–Kier alpha value is -3.14. The van der Waals surface area contributed by atoms with Crippen LogP contribution in [0.25, 0.3) is 22.5 Å². The van der Waals surface area contributed by atoms with E-state index in [2.05, 4.69) is 4.98 Å². The quantitative estimate of drug-likeness (QED) is 0.562. The number of aldehydes is 1. The SMILES string of the molecule is CCOC(=O)c1c(-c2ccccc2)[nH]c(-c2ccccc2)c1C=O. The van der Waals surface area contributed by atoms with Crippen molar-refractivity contribution in [3.05, 3.63) is 71.8 Å². The van der Waals surface area contributed by atoms with E-state index in [-0.39, 0.29) is 12.2 Å². The van der Waals surface area contributed by atoms with Gasteiger partial charge in [0.15, 0.2) is 6.29 Å². The number of hydrogen-bond acceptors (Lipinski definition) is 3. The highest BCUT2D eigenvalue weighted by Gasteiger charge is 2.25. The molecule has 0 aliphatic carbocycles. The molecule has 0 bridgehead atoms. The van der Waals surface area contributed by atoms with Crippen molar-refractivity contribution in [1.82, 2.24) is 4.98 Å². The van der Waals surface area contributed by atoms with Crippen LogP contribution in [0.15, 0.2) is 60.7 Å². The highest BCUT2D eigenvalue weighted by atomic mass is 16.5. The van der Waals surface area contributed by atoms with Gasteiger partial charge in [-0.15, -0.1) is 0 Å². The molecule has 2 aromatic carbocycles. The Morgan fingerprint density at radius 3 is 2.00 bits per heavy atom. The van der Waals surface area contributed by atoms with Gasteiger partial charge in [0.1, 0.15) is 0 Å². The van der Waals surface area contributed by atoms with Crippen LogP contribution in [-0.2, 0) is 4.74 Å². The van der Waals surface area contributed by atoms with Crippen molar-refractivity contribution in [2.75, 3.05) is 6.61 Å². The van der Waals surface area contributed by atoms with Gasteiger partial charge in [-0.05, 0) is 18.1 Å². The number of carbonyl (C=O) groups excluding carboxylic acids is 2. The van der Waals surface area contributed by atoms with Gasteiger partial charge in [-0.2, -0.15) is 0 Å². The summed E-state index contributed by atoms with van der Waals surface area (Å²) in [6.45, 7) is 1.99. The largest absolute Gasteiger partial charge is 0.462 e. The van der Waals surface area contributed by atoms with Crippen LogP contribution in [0, 0.1) is 0 Å². The zero-order chi connectivity index (χ0) is 16.9. The Balaban J connectivity index is 2.26. The standard InChI is InChI=1S/C20H17NO3/c1-2-24-20(23)17-16(13-22)18(14-9-5-3-6-10-14)21-19(17)15-11-7-4-8-12-15/h3-13,21H,2H2,1H3. The first-order chi connectivity index (χ1) is 11.8. The van der Waals surface area contributed by atoms with Gasteiger partial charge in [-0.1, -0.05) is 60.7 Å². The minimum Gasteiger partial charge on any atom is -0.462 e. The van der Waals surface area contributed by atoms with Crippen molar-refractivity contribution in [3.8, 4) is 22.5 Å². The summed E-state index contributed by atoms with van der Waals surface area (Å²) < 4.78 is 5.16.